The lowest BCUT2D eigenvalue weighted by Gasteiger charge is -2.34. The van der Waals surface area contributed by atoms with Crippen molar-refractivity contribution >= 4 is 11.8 Å². The zero-order valence-corrected chi connectivity index (χ0v) is 15.7. The Morgan fingerprint density at radius 3 is 2.12 bits per heavy atom. The van der Waals surface area contributed by atoms with Crippen LogP contribution in [0.3, 0.4) is 0 Å². The maximum atomic E-state index is 13.3. The number of carbonyl (C=O) groups is 2. The van der Waals surface area contributed by atoms with Gasteiger partial charge in [0.2, 0.25) is 5.91 Å². The largest absolute Gasteiger partial charge is 0.341 e. The van der Waals surface area contributed by atoms with Gasteiger partial charge in [-0.15, -0.1) is 0 Å². The van der Waals surface area contributed by atoms with Crippen molar-refractivity contribution in [3.63, 3.8) is 0 Å². The molecule has 0 spiro atoms. The van der Waals surface area contributed by atoms with Gasteiger partial charge in [-0.05, 0) is 39.5 Å². The first-order chi connectivity index (χ1) is 11.9. The zero-order chi connectivity index (χ0) is 18.0. The van der Waals surface area contributed by atoms with E-state index in [0.717, 1.165) is 57.3 Å². The van der Waals surface area contributed by atoms with E-state index in [1.54, 1.807) is 4.68 Å². The van der Waals surface area contributed by atoms with Crippen molar-refractivity contribution in [3.8, 4) is 0 Å². The van der Waals surface area contributed by atoms with Crippen LogP contribution >= 0.6 is 0 Å². The van der Waals surface area contributed by atoms with Crippen molar-refractivity contribution in [2.45, 2.75) is 70.8 Å². The molecule has 2 fully saturated rings. The molecule has 6 heteroatoms. The Labute approximate surface area is 149 Å². The Balaban J connectivity index is 1.82. The van der Waals surface area contributed by atoms with E-state index >= 15 is 0 Å². The first-order valence-electron chi connectivity index (χ1n) is 9.57. The van der Waals surface area contributed by atoms with Gasteiger partial charge < -0.3 is 10.2 Å². The molecule has 0 radical (unpaired) electrons. The third-order valence-corrected chi connectivity index (χ3v) is 5.85. The molecular formula is C19H30N4O2. The fourth-order valence-electron chi connectivity index (χ4n) is 4.33. The monoisotopic (exact) mass is 346 g/mol. The van der Waals surface area contributed by atoms with Crippen molar-refractivity contribution < 1.29 is 9.59 Å². The van der Waals surface area contributed by atoms with Gasteiger partial charge in [0.05, 0.1) is 11.3 Å². The number of aromatic nitrogens is 2. The number of nitrogens with zero attached hydrogens (tertiary/aromatic N) is 3. The van der Waals surface area contributed by atoms with Gasteiger partial charge in [0.15, 0.2) is 0 Å². The molecule has 1 aliphatic carbocycles. The summed E-state index contributed by atoms with van der Waals surface area (Å²) >= 11 is 0. The highest BCUT2D eigenvalue weighted by molar-refractivity contribution is 6.00. The number of nitrogens with one attached hydrogen (secondary N) is 1. The molecule has 2 heterocycles. The highest BCUT2D eigenvalue weighted by Gasteiger charge is 2.45. The fourth-order valence-corrected chi connectivity index (χ4v) is 4.33. The van der Waals surface area contributed by atoms with E-state index in [0.29, 0.717) is 11.3 Å². The molecule has 0 bridgehead atoms. The third-order valence-electron chi connectivity index (χ3n) is 5.85. The van der Waals surface area contributed by atoms with E-state index in [4.69, 9.17) is 0 Å². The van der Waals surface area contributed by atoms with Crippen LogP contribution in [0.2, 0.25) is 0 Å². The van der Waals surface area contributed by atoms with Crippen molar-refractivity contribution in [2.24, 2.45) is 7.05 Å². The zero-order valence-electron chi connectivity index (χ0n) is 15.7. The van der Waals surface area contributed by atoms with Crippen LogP contribution in [0, 0.1) is 13.8 Å². The lowest BCUT2D eigenvalue weighted by Crippen LogP contribution is -2.58. The second kappa shape index (κ2) is 7.18. The SMILES string of the molecule is Cc1nn(C)c(C)c1C(=O)NC1(C(=O)N2CCCCCC2)CCCC1. The summed E-state index contributed by atoms with van der Waals surface area (Å²) in [6, 6.07) is 0. The van der Waals surface area contributed by atoms with Gasteiger partial charge in [-0.3, -0.25) is 14.3 Å². The van der Waals surface area contributed by atoms with E-state index in [2.05, 4.69) is 10.4 Å². The van der Waals surface area contributed by atoms with E-state index in [1.165, 1.54) is 12.8 Å². The smallest absolute Gasteiger partial charge is 0.255 e. The van der Waals surface area contributed by atoms with E-state index in [-0.39, 0.29) is 11.8 Å². The van der Waals surface area contributed by atoms with Crippen LogP contribution in [-0.2, 0) is 11.8 Å². The van der Waals surface area contributed by atoms with E-state index in [1.807, 2.05) is 25.8 Å². The number of aryl methyl sites for hydroxylation is 2. The summed E-state index contributed by atoms with van der Waals surface area (Å²) in [5.74, 6) is -0.0346. The Bertz CT molecular complexity index is 651. The van der Waals surface area contributed by atoms with Crippen molar-refractivity contribution in [2.75, 3.05) is 13.1 Å². The first-order valence-corrected chi connectivity index (χ1v) is 9.57. The Morgan fingerprint density at radius 2 is 1.60 bits per heavy atom. The molecule has 2 amide bonds. The molecule has 0 aromatic carbocycles. The fraction of sp³-hybridized carbons (Fsp3) is 0.737. The van der Waals surface area contributed by atoms with Crippen molar-refractivity contribution in [3.05, 3.63) is 17.0 Å². The number of likely N-dealkylation sites (tertiary alicyclic amines) is 1. The maximum Gasteiger partial charge on any atom is 0.255 e. The standard InChI is InChI=1S/C19H30N4O2/c1-14-16(15(2)22(3)21-14)17(24)20-19(10-6-7-11-19)18(25)23-12-8-4-5-9-13-23/h4-13H2,1-3H3,(H,20,24). The molecule has 1 saturated heterocycles. The van der Waals surface area contributed by atoms with Crippen LogP contribution in [0.5, 0.6) is 0 Å². The molecule has 1 aliphatic heterocycles. The van der Waals surface area contributed by atoms with Gasteiger partial charge in [0.1, 0.15) is 5.54 Å². The van der Waals surface area contributed by atoms with Gasteiger partial charge in [-0.2, -0.15) is 5.10 Å². The molecule has 1 aromatic rings. The number of amides is 2. The van der Waals surface area contributed by atoms with Crippen LogP contribution in [-0.4, -0.2) is 45.1 Å². The predicted octanol–water partition coefficient (Wildman–Crippen LogP) is 2.48. The summed E-state index contributed by atoms with van der Waals surface area (Å²) < 4.78 is 1.72. The molecule has 6 nitrogen and oxygen atoms in total. The molecule has 1 N–H and O–H groups in total. The second-order valence-corrected chi connectivity index (χ2v) is 7.62. The van der Waals surface area contributed by atoms with Crippen molar-refractivity contribution in [1.29, 1.82) is 0 Å². The van der Waals surface area contributed by atoms with Gasteiger partial charge in [0.25, 0.3) is 5.91 Å². The highest BCUT2D eigenvalue weighted by atomic mass is 16.2. The first kappa shape index (κ1) is 18.0. The second-order valence-electron chi connectivity index (χ2n) is 7.62. The summed E-state index contributed by atoms with van der Waals surface area (Å²) in [7, 11) is 1.84. The molecular weight excluding hydrogens is 316 g/mol. The molecule has 1 aromatic heterocycles. The predicted molar refractivity (Wildman–Crippen MR) is 96.4 cm³/mol. The summed E-state index contributed by atoms with van der Waals surface area (Å²) in [6.45, 7) is 5.38. The van der Waals surface area contributed by atoms with Gasteiger partial charge in [-0.25, -0.2) is 0 Å². The molecule has 138 valence electrons. The average molecular weight is 346 g/mol. The van der Waals surface area contributed by atoms with Gasteiger partial charge in [0, 0.05) is 25.8 Å². The molecule has 0 atom stereocenters. The maximum absolute atomic E-state index is 13.3. The van der Waals surface area contributed by atoms with Crippen LogP contribution in [0.25, 0.3) is 0 Å². The lowest BCUT2D eigenvalue weighted by molar-refractivity contribution is -0.137. The minimum Gasteiger partial charge on any atom is -0.341 e. The van der Waals surface area contributed by atoms with Crippen LogP contribution in [0.4, 0.5) is 0 Å². The van der Waals surface area contributed by atoms with Gasteiger partial charge >= 0.3 is 0 Å². The van der Waals surface area contributed by atoms with E-state index < -0.39 is 5.54 Å². The topological polar surface area (TPSA) is 67.2 Å². The van der Waals surface area contributed by atoms with E-state index in [9.17, 15) is 9.59 Å². The summed E-state index contributed by atoms with van der Waals surface area (Å²) in [6.07, 6.45) is 7.98. The number of hydrogen-bond acceptors (Lipinski definition) is 3. The average Bonchev–Trinajstić information content (AvgIpc) is 3.01. The molecule has 25 heavy (non-hydrogen) atoms. The Hall–Kier alpha value is -1.85. The molecule has 1 saturated carbocycles. The minimum absolute atomic E-state index is 0.124. The lowest BCUT2D eigenvalue weighted by atomic mass is 9.94. The Morgan fingerprint density at radius 1 is 1.00 bits per heavy atom. The summed E-state index contributed by atoms with van der Waals surface area (Å²) in [5.41, 5.74) is 1.44. The highest BCUT2D eigenvalue weighted by Crippen LogP contribution is 2.33. The number of rotatable bonds is 3. The quantitative estimate of drug-likeness (QED) is 0.914. The van der Waals surface area contributed by atoms with Gasteiger partial charge in [-0.1, -0.05) is 25.7 Å². The summed E-state index contributed by atoms with van der Waals surface area (Å²) in [5, 5.41) is 7.47. The molecule has 0 unspecified atom stereocenters. The third kappa shape index (κ3) is 3.44. The molecule has 2 aliphatic rings. The normalized spacial score (nSPS) is 20.4. The van der Waals surface area contributed by atoms with Crippen molar-refractivity contribution in [1.82, 2.24) is 20.0 Å². The number of hydrogen-bond donors (Lipinski definition) is 1. The van der Waals surface area contributed by atoms with Crippen LogP contribution in [0.15, 0.2) is 0 Å². The minimum atomic E-state index is -0.726. The Kier molecular flexibility index (Phi) is 5.16. The van der Waals surface area contributed by atoms with Crippen LogP contribution in [0.1, 0.15) is 73.1 Å². The summed E-state index contributed by atoms with van der Waals surface area (Å²) in [4.78, 5) is 28.3. The number of carbonyl (C=O) groups excluding carboxylic acids is 2. The molecule has 3 rings (SSSR count). The van der Waals surface area contributed by atoms with Crippen LogP contribution < -0.4 is 5.32 Å².